The van der Waals surface area contributed by atoms with Gasteiger partial charge in [-0.2, -0.15) is 0 Å². The van der Waals surface area contributed by atoms with Crippen LogP contribution in [0.15, 0.2) is 18.2 Å². The Bertz CT molecular complexity index is 558. The fourth-order valence-electron chi connectivity index (χ4n) is 3.14. The molecule has 1 unspecified atom stereocenters. The molecule has 1 saturated heterocycles. The minimum atomic E-state index is -0.213. The Hall–Kier alpha value is -1.79. The molecule has 1 aliphatic carbocycles. The molecule has 0 bridgehead atoms. The number of carbonyl (C=O) groups is 1. The molecule has 1 aliphatic heterocycles. The van der Waals surface area contributed by atoms with Crippen LogP contribution in [0, 0.1) is 5.92 Å². The number of methoxy groups -OCH3 is 2. The third kappa shape index (κ3) is 3.99. The summed E-state index contributed by atoms with van der Waals surface area (Å²) in [6.07, 6.45) is 2.09. The van der Waals surface area contributed by atoms with E-state index in [9.17, 15) is 9.90 Å². The first-order valence-electron chi connectivity index (χ1n) is 8.53. The molecule has 2 fully saturated rings. The Morgan fingerprint density at radius 2 is 1.71 bits per heavy atom. The van der Waals surface area contributed by atoms with Gasteiger partial charge in [0.25, 0.3) is 5.91 Å². The monoisotopic (exact) mass is 334 g/mol. The maximum Gasteiger partial charge on any atom is 0.254 e. The van der Waals surface area contributed by atoms with E-state index in [1.807, 2.05) is 4.90 Å². The summed E-state index contributed by atoms with van der Waals surface area (Å²) in [7, 11) is 3.15. The second-order valence-corrected chi connectivity index (χ2v) is 6.60. The zero-order valence-electron chi connectivity index (χ0n) is 14.4. The number of benzene rings is 1. The maximum atomic E-state index is 12.7. The van der Waals surface area contributed by atoms with Crippen LogP contribution in [0.2, 0.25) is 0 Å². The zero-order valence-corrected chi connectivity index (χ0v) is 14.4. The Morgan fingerprint density at radius 3 is 2.21 bits per heavy atom. The third-order valence-electron chi connectivity index (χ3n) is 4.87. The normalized spacial score (nSPS) is 19.9. The lowest BCUT2D eigenvalue weighted by Crippen LogP contribution is -2.50. The van der Waals surface area contributed by atoms with Crippen LogP contribution in [-0.4, -0.2) is 73.9 Å². The molecule has 6 heteroatoms. The topological polar surface area (TPSA) is 62.2 Å². The highest BCUT2D eigenvalue weighted by Gasteiger charge is 2.32. The average Bonchev–Trinajstić information content (AvgIpc) is 3.46. The number of carbonyl (C=O) groups excluding carboxylic acids is 1. The molecule has 0 aromatic heterocycles. The fourth-order valence-corrected chi connectivity index (χ4v) is 3.14. The van der Waals surface area contributed by atoms with Crippen molar-refractivity contribution in [2.75, 3.05) is 46.9 Å². The smallest absolute Gasteiger partial charge is 0.254 e. The summed E-state index contributed by atoms with van der Waals surface area (Å²) >= 11 is 0. The first-order chi connectivity index (χ1) is 11.6. The first-order valence-corrected chi connectivity index (χ1v) is 8.53. The van der Waals surface area contributed by atoms with Crippen molar-refractivity contribution in [3.8, 4) is 11.5 Å². The average molecular weight is 334 g/mol. The molecule has 1 aromatic rings. The van der Waals surface area contributed by atoms with Gasteiger partial charge < -0.3 is 19.5 Å². The summed E-state index contributed by atoms with van der Waals surface area (Å²) in [5, 5.41) is 10.1. The number of hydrogen-bond donors (Lipinski definition) is 1. The van der Waals surface area contributed by atoms with Gasteiger partial charge in [0.05, 0.1) is 20.3 Å². The van der Waals surface area contributed by atoms with Gasteiger partial charge in [-0.1, -0.05) is 0 Å². The number of aliphatic hydroxyl groups is 1. The number of ether oxygens (including phenoxy) is 2. The van der Waals surface area contributed by atoms with Crippen LogP contribution in [0.25, 0.3) is 0 Å². The molecule has 0 spiro atoms. The van der Waals surface area contributed by atoms with Crippen LogP contribution in [0.5, 0.6) is 11.5 Å². The lowest BCUT2D eigenvalue weighted by atomic mass is 10.1. The number of piperazine rings is 1. The van der Waals surface area contributed by atoms with E-state index in [0.29, 0.717) is 36.1 Å². The summed E-state index contributed by atoms with van der Waals surface area (Å²) in [6.45, 7) is 3.68. The summed E-state index contributed by atoms with van der Waals surface area (Å²) in [6, 6.07) is 5.25. The molecular weight excluding hydrogens is 308 g/mol. The van der Waals surface area contributed by atoms with Crippen molar-refractivity contribution in [3.63, 3.8) is 0 Å². The molecule has 1 saturated carbocycles. The molecule has 132 valence electrons. The van der Waals surface area contributed by atoms with Crippen molar-refractivity contribution in [3.05, 3.63) is 23.8 Å². The predicted molar refractivity (Wildman–Crippen MR) is 90.6 cm³/mol. The van der Waals surface area contributed by atoms with Gasteiger partial charge in [0.15, 0.2) is 0 Å². The number of nitrogens with zero attached hydrogens (tertiary/aromatic N) is 2. The van der Waals surface area contributed by atoms with Gasteiger partial charge in [0.2, 0.25) is 0 Å². The van der Waals surface area contributed by atoms with Crippen molar-refractivity contribution < 1.29 is 19.4 Å². The molecule has 1 aromatic carbocycles. The van der Waals surface area contributed by atoms with E-state index < -0.39 is 0 Å². The molecule has 1 heterocycles. The van der Waals surface area contributed by atoms with Gasteiger partial charge in [-0.25, -0.2) is 0 Å². The Kier molecular flexibility index (Phi) is 5.26. The van der Waals surface area contributed by atoms with Gasteiger partial charge in [-0.15, -0.1) is 0 Å². The zero-order chi connectivity index (χ0) is 17.1. The largest absolute Gasteiger partial charge is 0.497 e. The van der Waals surface area contributed by atoms with Crippen molar-refractivity contribution in [1.82, 2.24) is 9.80 Å². The summed E-state index contributed by atoms with van der Waals surface area (Å²) < 4.78 is 10.5. The summed E-state index contributed by atoms with van der Waals surface area (Å²) in [5.41, 5.74) is 0.581. The highest BCUT2D eigenvalue weighted by Crippen LogP contribution is 2.33. The first kappa shape index (κ1) is 17.0. The minimum Gasteiger partial charge on any atom is -0.497 e. The number of amides is 1. The Balaban J connectivity index is 1.58. The highest BCUT2D eigenvalue weighted by atomic mass is 16.5. The molecule has 3 rings (SSSR count). The molecule has 2 aliphatic rings. The van der Waals surface area contributed by atoms with Crippen LogP contribution in [-0.2, 0) is 0 Å². The minimum absolute atomic E-state index is 0.00501. The van der Waals surface area contributed by atoms with E-state index in [1.54, 1.807) is 32.4 Å². The van der Waals surface area contributed by atoms with Gasteiger partial charge in [0, 0.05) is 44.4 Å². The Labute approximate surface area is 143 Å². The SMILES string of the molecule is COc1cc(OC)cc(C(=O)N2CCN(CC(O)C3CC3)CC2)c1. The van der Waals surface area contributed by atoms with E-state index >= 15 is 0 Å². The standard InChI is InChI=1S/C18H26N2O4/c1-23-15-9-14(10-16(11-15)24-2)18(22)20-7-5-19(6-8-20)12-17(21)13-3-4-13/h9-11,13,17,21H,3-8,12H2,1-2H3. The van der Waals surface area contributed by atoms with Crippen molar-refractivity contribution in [2.24, 2.45) is 5.92 Å². The van der Waals surface area contributed by atoms with Gasteiger partial charge >= 0.3 is 0 Å². The molecule has 0 radical (unpaired) electrons. The second kappa shape index (κ2) is 7.40. The van der Waals surface area contributed by atoms with Crippen LogP contribution in [0.1, 0.15) is 23.2 Å². The quantitative estimate of drug-likeness (QED) is 0.848. The van der Waals surface area contributed by atoms with E-state index in [4.69, 9.17) is 9.47 Å². The second-order valence-electron chi connectivity index (χ2n) is 6.60. The molecule has 1 amide bonds. The molecule has 1 atom stereocenters. The van der Waals surface area contributed by atoms with Crippen LogP contribution in [0.3, 0.4) is 0 Å². The summed E-state index contributed by atoms with van der Waals surface area (Å²) in [5.74, 6) is 1.72. The summed E-state index contributed by atoms with van der Waals surface area (Å²) in [4.78, 5) is 16.8. The lowest BCUT2D eigenvalue weighted by Gasteiger charge is -2.35. The number of aliphatic hydroxyl groups excluding tert-OH is 1. The lowest BCUT2D eigenvalue weighted by molar-refractivity contribution is 0.0488. The van der Waals surface area contributed by atoms with Gasteiger partial charge in [-0.05, 0) is 30.9 Å². The van der Waals surface area contributed by atoms with E-state index in [-0.39, 0.29) is 12.0 Å². The predicted octanol–water partition coefficient (Wildman–Crippen LogP) is 1.23. The number of hydrogen-bond acceptors (Lipinski definition) is 5. The third-order valence-corrected chi connectivity index (χ3v) is 4.87. The highest BCUT2D eigenvalue weighted by molar-refractivity contribution is 5.95. The maximum absolute atomic E-state index is 12.7. The molecule has 1 N–H and O–H groups in total. The molecular formula is C18H26N2O4. The van der Waals surface area contributed by atoms with Crippen molar-refractivity contribution in [1.29, 1.82) is 0 Å². The number of rotatable bonds is 6. The van der Waals surface area contributed by atoms with Gasteiger partial charge in [0.1, 0.15) is 11.5 Å². The fraction of sp³-hybridized carbons (Fsp3) is 0.611. The van der Waals surface area contributed by atoms with Crippen LogP contribution < -0.4 is 9.47 Å². The van der Waals surface area contributed by atoms with Crippen molar-refractivity contribution >= 4 is 5.91 Å². The molecule has 6 nitrogen and oxygen atoms in total. The van der Waals surface area contributed by atoms with E-state index in [1.165, 1.54) is 0 Å². The van der Waals surface area contributed by atoms with Gasteiger partial charge in [-0.3, -0.25) is 9.69 Å². The molecule has 24 heavy (non-hydrogen) atoms. The Morgan fingerprint density at radius 1 is 1.12 bits per heavy atom. The van der Waals surface area contributed by atoms with Crippen molar-refractivity contribution in [2.45, 2.75) is 18.9 Å². The number of β-amino-alcohol motifs (C(OH)–C–C–N with tert-alkyl or cyclic N) is 1. The van der Waals surface area contributed by atoms with E-state index in [2.05, 4.69) is 4.90 Å². The van der Waals surface area contributed by atoms with E-state index in [0.717, 1.165) is 32.5 Å². The van der Waals surface area contributed by atoms with Crippen LogP contribution >= 0.6 is 0 Å². The van der Waals surface area contributed by atoms with Crippen LogP contribution in [0.4, 0.5) is 0 Å².